The van der Waals surface area contributed by atoms with Crippen molar-refractivity contribution in [3.63, 3.8) is 0 Å². The molecule has 0 aromatic heterocycles. The van der Waals surface area contributed by atoms with Crippen molar-refractivity contribution in [1.29, 1.82) is 0 Å². The number of nitrogens with one attached hydrogen (secondary N) is 1. The minimum absolute atomic E-state index is 0.564. The van der Waals surface area contributed by atoms with Gasteiger partial charge in [0.15, 0.2) is 0 Å². The minimum Gasteiger partial charge on any atom is -0.311 e. The molecule has 1 saturated carbocycles. The molecule has 1 heterocycles. The zero-order valence-corrected chi connectivity index (χ0v) is 12.8. The van der Waals surface area contributed by atoms with Gasteiger partial charge in [-0.15, -0.1) is 0 Å². The van der Waals surface area contributed by atoms with Crippen molar-refractivity contribution in [3.05, 3.63) is 0 Å². The molecule has 2 fully saturated rings. The van der Waals surface area contributed by atoms with Crippen LogP contribution in [0.4, 0.5) is 0 Å². The second kappa shape index (κ2) is 5.92. The first kappa shape index (κ1) is 14.3. The highest BCUT2D eigenvalue weighted by molar-refractivity contribution is 4.87. The van der Waals surface area contributed by atoms with E-state index >= 15 is 0 Å². The predicted octanol–water partition coefficient (Wildman–Crippen LogP) is 3.42. The molecule has 2 aliphatic rings. The maximum Gasteiger partial charge on any atom is 0.00940 e. The Labute approximate surface area is 114 Å². The van der Waals surface area contributed by atoms with Crippen molar-refractivity contribution >= 4 is 0 Å². The second-order valence-corrected chi connectivity index (χ2v) is 7.53. The van der Waals surface area contributed by atoms with Crippen molar-refractivity contribution in [2.45, 2.75) is 84.3 Å². The molecule has 0 spiro atoms. The zero-order valence-electron chi connectivity index (χ0n) is 12.8. The molecule has 1 unspecified atom stereocenters. The summed E-state index contributed by atoms with van der Waals surface area (Å²) >= 11 is 0. The van der Waals surface area contributed by atoms with Crippen molar-refractivity contribution < 1.29 is 0 Å². The lowest BCUT2D eigenvalue weighted by Gasteiger charge is -2.40. The highest BCUT2D eigenvalue weighted by Crippen LogP contribution is 2.35. The third-order valence-corrected chi connectivity index (χ3v) is 4.94. The normalized spacial score (nSPS) is 30.8. The summed E-state index contributed by atoms with van der Waals surface area (Å²) in [4.78, 5) is 2.61. The summed E-state index contributed by atoms with van der Waals surface area (Å²) in [6.45, 7) is 12.1. The van der Waals surface area contributed by atoms with E-state index in [-0.39, 0.29) is 0 Å². The first-order valence-corrected chi connectivity index (χ1v) is 7.96. The lowest BCUT2D eigenvalue weighted by molar-refractivity contribution is 0.136. The van der Waals surface area contributed by atoms with Crippen molar-refractivity contribution in [1.82, 2.24) is 10.2 Å². The van der Waals surface area contributed by atoms with Gasteiger partial charge in [-0.05, 0) is 64.5 Å². The van der Waals surface area contributed by atoms with Crippen molar-refractivity contribution in [3.8, 4) is 0 Å². The van der Waals surface area contributed by atoms with E-state index in [1.165, 1.54) is 51.6 Å². The zero-order chi connectivity index (χ0) is 13.2. The molecule has 1 N–H and O–H groups in total. The van der Waals surface area contributed by atoms with E-state index in [9.17, 15) is 0 Å². The Balaban J connectivity index is 1.74. The van der Waals surface area contributed by atoms with Crippen LogP contribution in [0.5, 0.6) is 0 Å². The van der Waals surface area contributed by atoms with Gasteiger partial charge in [0.1, 0.15) is 0 Å². The predicted molar refractivity (Wildman–Crippen MR) is 78.9 cm³/mol. The number of piperidine rings is 1. The Morgan fingerprint density at radius 3 is 2.28 bits per heavy atom. The van der Waals surface area contributed by atoms with Crippen LogP contribution in [-0.2, 0) is 0 Å². The van der Waals surface area contributed by atoms with Gasteiger partial charge in [0.25, 0.3) is 0 Å². The molecule has 0 amide bonds. The fraction of sp³-hybridized carbons (Fsp3) is 1.00. The molecular weight excluding hydrogens is 220 g/mol. The summed E-state index contributed by atoms with van der Waals surface area (Å²) in [7, 11) is 0. The van der Waals surface area contributed by atoms with Gasteiger partial charge in [0, 0.05) is 18.1 Å². The molecule has 0 aromatic rings. The molecule has 1 atom stereocenters. The molecule has 0 radical (unpaired) electrons. The standard InChI is InChI=1S/C16H32N2/c1-13(2)18-10-7-14(8-11-18)17-15-6-5-9-16(3,4)12-15/h13-15,17H,5-12H2,1-4H3. The number of hydrogen-bond donors (Lipinski definition) is 1. The van der Waals surface area contributed by atoms with Crippen LogP contribution in [0.3, 0.4) is 0 Å². The van der Waals surface area contributed by atoms with E-state index in [1.54, 1.807) is 0 Å². The maximum atomic E-state index is 3.95. The monoisotopic (exact) mass is 252 g/mol. The van der Waals surface area contributed by atoms with Gasteiger partial charge in [0.05, 0.1) is 0 Å². The average Bonchev–Trinajstić information content (AvgIpc) is 2.28. The third kappa shape index (κ3) is 3.96. The van der Waals surface area contributed by atoms with Crippen LogP contribution in [0.1, 0.15) is 66.2 Å². The Bertz CT molecular complexity index is 252. The molecule has 1 aliphatic carbocycles. The lowest BCUT2D eigenvalue weighted by atomic mass is 9.75. The smallest absolute Gasteiger partial charge is 0.00940 e. The molecular formula is C16H32N2. The fourth-order valence-electron chi connectivity index (χ4n) is 3.76. The molecule has 1 saturated heterocycles. The topological polar surface area (TPSA) is 15.3 Å². The first-order chi connectivity index (χ1) is 8.46. The number of hydrogen-bond acceptors (Lipinski definition) is 2. The van der Waals surface area contributed by atoms with Crippen LogP contribution in [0.2, 0.25) is 0 Å². The van der Waals surface area contributed by atoms with Gasteiger partial charge in [0.2, 0.25) is 0 Å². The quantitative estimate of drug-likeness (QED) is 0.828. The Morgan fingerprint density at radius 1 is 1.06 bits per heavy atom. The third-order valence-electron chi connectivity index (χ3n) is 4.94. The number of nitrogens with zero attached hydrogens (tertiary/aromatic N) is 1. The SMILES string of the molecule is CC(C)N1CCC(NC2CCCC(C)(C)C2)CC1. The van der Waals surface area contributed by atoms with Crippen LogP contribution in [0.15, 0.2) is 0 Å². The first-order valence-electron chi connectivity index (χ1n) is 7.96. The van der Waals surface area contributed by atoms with E-state index in [1.807, 2.05) is 0 Å². The molecule has 0 aromatic carbocycles. The summed E-state index contributed by atoms with van der Waals surface area (Å²) in [5.41, 5.74) is 0.564. The van der Waals surface area contributed by atoms with E-state index < -0.39 is 0 Å². The Hall–Kier alpha value is -0.0800. The van der Waals surface area contributed by atoms with Gasteiger partial charge in [-0.25, -0.2) is 0 Å². The summed E-state index contributed by atoms with van der Waals surface area (Å²) in [5.74, 6) is 0. The van der Waals surface area contributed by atoms with Crippen LogP contribution in [0.25, 0.3) is 0 Å². The van der Waals surface area contributed by atoms with Crippen LogP contribution in [0, 0.1) is 5.41 Å². The highest BCUT2D eigenvalue weighted by atomic mass is 15.2. The van der Waals surface area contributed by atoms with Crippen molar-refractivity contribution in [2.75, 3.05) is 13.1 Å². The molecule has 106 valence electrons. The Morgan fingerprint density at radius 2 is 1.72 bits per heavy atom. The highest BCUT2D eigenvalue weighted by Gasteiger charge is 2.30. The molecule has 1 aliphatic heterocycles. The van der Waals surface area contributed by atoms with Gasteiger partial charge in [-0.2, -0.15) is 0 Å². The van der Waals surface area contributed by atoms with Crippen LogP contribution >= 0.6 is 0 Å². The fourth-order valence-corrected chi connectivity index (χ4v) is 3.76. The van der Waals surface area contributed by atoms with Crippen molar-refractivity contribution in [2.24, 2.45) is 5.41 Å². The van der Waals surface area contributed by atoms with E-state index in [2.05, 4.69) is 37.9 Å². The lowest BCUT2D eigenvalue weighted by Crippen LogP contribution is -2.49. The second-order valence-electron chi connectivity index (χ2n) is 7.53. The number of likely N-dealkylation sites (tertiary alicyclic amines) is 1. The van der Waals surface area contributed by atoms with Crippen LogP contribution in [-0.4, -0.2) is 36.1 Å². The summed E-state index contributed by atoms with van der Waals surface area (Å²) in [6, 6.07) is 2.28. The van der Waals surface area contributed by atoms with E-state index in [0.29, 0.717) is 5.41 Å². The van der Waals surface area contributed by atoms with E-state index in [4.69, 9.17) is 0 Å². The molecule has 2 nitrogen and oxygen atoms in total. The number of rotatable bonds is 3. The van der Waals surface area contributed by atoms with Gasteiger partial charge >= 0.3 is 0 Å². The molecule has 2 rings (SSSR count). The summed E-state index contributed by atoms with van der Waals surface area (Å²) < 4.78 is 0. The average molecular weight is 252 g/mol. The van der Waals surface area contributed by atoms with Gasteiger partial charge in [-0.3, -0.25) is 0 Å². The Kier molecular flexibility index (Phi) is 4.71. The largest absolute Gasteiger partial charge is 0.311 e. The molecule has 18 heavy (non-hydrogen) atoms. The molecule has 0 bridgehead atoms. The van der Waals surface area contributed by atoms with E-state index in [0.717, 1.165) is 18.1 Å². The maximum absolute atomic E-state index is 3.95. The van der Waals surface area contributed by atoms with Gasteiger partial charge < -0.3 is 10.2 Å². The van der Waals surface area contributed by atoms with Crippen LogP contribution < -0.4 is 5.32 Å². The summed E-state index contributed by atoms with van der Waals surface area (Å²) in [5, 5.41) is 3.95. The molecule has 2 heteroatoms. The summed E-state index contributed by atoms with van der Waals surface area (Å²) in [6.07, 6.45) is 8.28. The van der Waals surface area contributed by atoms with Gasteiger partial charge in [-0.1, -0.05) is 20.3 Å². The minimum atomic E-state index is 0.564.